The fraction of sp³-hybridized carbons (Fsp3) is 0.636. The van der Waals surface area contributed by atoms with E-state index in [9.17, 15) is 14.7 Å². The Kier molecular flexibility index (Phi) is 5.32. The first kappa shape index (κ1) is 19.2. The zero-order chi connectivity index (χ0) is 19.7. The predicted octanol–water partition coefficient (Wildman–Crippen LogP) is 2.91. The van der Waals surface area contributed by atoms with Crippen molar-refractivity contribution in [2.75, 3.05) is 20.1 Å². The molecule has 0 radical (unpaired) electrons. The first-order valence-electron chi connectivity index (χ1n) is 10.5. The minimum atomic E-state index is -0.844. The summed E-state index contributed by atoms with van der Waals surface area (Å²) in [5, 5.41) is 9.59. The third-order valence-electron chi connectivity index (χ3n) is 7.02. The maximum Gasteiger partial charge on any atom is 0.309 e. The van der Waals surface area contributed by atoms with Gasteiger partial charge in [-0.2, -0.15) is 0 Å². The summed E-state index contributed by atoms with van der Waals surface area (Å²) < 4.78 is 6.03. The van der Waals surface area contributed by atoms with Crippen molar-refractivity contribution in [1.29, 1.82) is 0 Å². The maximum absolute atomic E-state index is 12.1. The molecule has 1 amide bonds. The van der Waals surface area contributed by atoms with E-state index in [-0.39, 0.29) is 12.3 Å². The van der Waals surface area contributed by atoms with Crippen LogP contribution in [0, 0.1) is 5.92 Å². The van der Waals surface area contributed by atoms with E-state index in [1.165, 1.54) is 18.4 Å². The largest absolute Gasteiger partial charge is 0.490 e. The van der Waals surface area contributed by atoms with Crippen LogP contribution in [-0.2, 0) is 16.1 Å². The molecule has 1 aliphatic carbocycles. The summed E-state index contributed by atoms with van der Waals surface area (Å²) in [7, 11) is 1.77. The fourth-order valence-corrected chi connectivity index (χ4v) is 5.21. The first-order chi connectivity index (χ1) is 13.5. The first-order valence-corrected chi connectivity index (χ1v) is 10.5. The molecule has 0 bridgehead atoms. The maximum atomic E-state index is 12.1. The number of hydrogen-bond acceptors (Lipinski definition) is 4. The standard InChI is InChI=1S/C22H30N2O4/c1-23-20(25)14-19(21(26)27)22(23)10-12-24(13-11-22)15-16-6-8-18(9-7-16)28-17-4-2-3-5-17/h6-9,17,19H,2-5,10-15H2,1H3,(H,26,27)/t19-/m1/s1. The van der Waals surface area contributed by atoms with Crippen LogP contribution in [0.1, 0.15) is 50.5 Å². The lowest BCUT2D eigenvalue weighted by Crippen LogP contribution is -2.55. The Balaban J connectivity index is 1.34. The van der Waals surface area contributed by atoms with Gasteiger partial charge in [-0.05, 0) is 56.2 Å². The lowest BCUT2D eigenvalue weighted by molar-refractivity contribution is -0.146. The molecule has 1 aromatic carbocycles. The van der Waals surface area contributed by atoms with Gasteiger partial charge in [0.25, 0.3) is 0 Å². The summed E-state index contributed by atoms with van der Waals surface area (Å²) in [6, 6.07) is 8.37. The number of aliphatic carboxylic acids is 1. The third kappa shape index (κ3) is 3.62. The molecule has 1 atom stereocenters. The second-order valence-electron chi connectivity index (χ2n) is 8.60. The molecule has 4 rings (SSSR count). The Morgan fingerprint density at radius 3 is 2.43 bits per heavy atom. The van der Waals surface area contributed by atoms with Crippen molar-refractivity contribution in [2.24, 2.45) is 5.92 Å². The van der Waals surface area contributed by atoms with Crippen LogP contribution < -0.4 is 4.74 Å². The van der Waals surface area contributed by atoms with Gasteiger partial charge in [0.1, 0.15) is 5.75 Å². The summed E-state index contributed by atoms with van der Waals surface area (Å²) in [5.74, 6) is -0.523. The van der Waals surface area contributed by atoms with E-state index in [1.54, 1.807) is 11.9 Å². The number of piperidine rings is 1. The van der Waals surface area contributed by atoms with E-state index in [1.807, 2.05) is 0 Å². The number of likely N-dealkylation sites (tertiary alicyclic amines) is 2. The lowest BCUT2D eigenvalue weighted by Gasteiger charge is -2.45. The van der Waals surface area contributed by atoms with Crippen LogP contribution in [0.5, 0.6) is 5.75 Å². The molecule has 6 heteroatoms. The topological polar surface area (TPSA) is 70.1 Å². The van der Waals surface area contributed by atoms with E-state index < -0.39 is 17.4 Å². The van der Waals surface area contributed by atoms with Crippen LogP contribution in [0.3, 0.4) is 0 Å². The number of nitrogens with zero attached hydrogens (tertiary/aromatic N) is 2. The molecule has 0 aromatic heterocycles. The van der Waals surface area contributed by atoms with Crippen LogP contribution in [-0.4, -0.2) is 58.6 Å². The van der Waals surface area contributed by atoms with Gasteiger partial charge >= 0.3 is 5.97 Å². The molecule has 6 nitrogen and oxygen atoms in total. The van der Waals surface area contributed by atoms with Gasteiger partial charge in [0.15, 0.2) is 0 Å². The van der Waals surface area contributed by atoms with Gasteiger partial charge in [0, 0.05) is 33.1 Å². The number of hydrogen-bond donors (Lipinski definition) is 1. The highest BCUT2D eigenvalue weighted by atomic mass is 16.5. The number of carboxylic acids is 1. The number of carboxylic acid groups (broad SMARTS) is 1. The molecule has 3 fully saturated rings. The van der Waals surface area contributed by atoms with Crippen molar-refractivity contribution in [3.8, 4) is 5.75 Å². The van der Waals surface area contributed by atoms with E-state index in [2.05, 4.69) is 29.2 Å². The third-order valence-corrected chi connectivity index (χ3v) is 7.02. The summed E-state index contributed by atoms with van der Waals surface area (Å²) in [5.41, 5.74) is 0.721. The minimum absolute atomic E-state index is 0.0429. The Bertz CT molecular complexity index is 719. The van der Waals surface area contributed by atoms with Gasteiger partial charge in [-0.1, -0.05) is 12.1 Å². The Hall–Kier alpha value is -2.08. The van der Waals surface area contributed by atoms with Gasteiger partial charge in [-0.3, -0.25) is 14.5 Å². The summed E-state index contributed by atoms with van der Waals surface area (Å²) in [6.45, 7) is 2.46. The SMILES string of the molecule is CN1C(=O)C[C@H](C(=O)O)C12CCN(Cc1ccc(OC3CCCC3)cc1)CC2. The molecule has 3 aliphatic rings. The average molecular weight is 386 g/mol. The number of ether oxygens (including phenoxy) is 1. The van der Waals surface area contributed by atoms with E-state index >= 15 is 0 Å². The molecular weight excluding hydrogens is 356 g/mol. The highest BCUT2D eigenvalue weighted by molar-refractivity contribution is 5.88. The summed E-state index contributed by atoms with van der Waals surface area (Å²) in [4.78, 5) is 27.9. The highest BCUT2D eigenvalue weighted by Crippen LogP contribution is 2.43. The van der Waals surface area contributed by atoms with Crippen molar-refractivity contribution in [3.05, 3.63) is 29.8 Å². The molecule has 1 N–H and O–H groups in total. The Morgan fingerprint density at radius 1 is 1.18 bits per heavy atom. The van der Waals surface area contributed by atoms with Crippen molar-refractivity contribution in [3.63, 3.8) is 0 Å². The molecular formula is C22H30N2O4. The number of carbonyl (C=O) groups is 2. The predicted molar refractivity (Wildman–Crippen MR) is 105 cm³/mol. The van der Waals surface area contributed by atoms with Gasteiger partial charge in [-0.15, -0.1) is 0 Å². The fourth-order valence-electron chi connectivity index (χ4n) is 5.21. The van der Waals surface area contributed by atoms with Gasteiger partial charge in [0.05, 0.1) is 17.6 Å². The molecule has 2 heterocycles. The van der Waals surface area contributed by atoms with Crippen LogP contribution in [0.4, 0.5) is 0 Å². The normalized spacial score (nSPS) is 25.5. The van der Waals surface area contributed by atoms with Crippen LogP contribution in [0.2, 0.25) is 0 Å². The molecule has 152 valence electrons. The molecule has 0 unspecified atom stereocenters. The van der Waals surface area contributed by atoms with Crippen molar-refractivity contribution in [1.82, 2.24) is 9.80 Å². The molecule has 1 saturated carbocycles. The molecule has 1 spiro atoms. The van der Waals surface area contributed by atoms with Crippen molar-refractivity contribution < 1.29 is 19.4 Å². The quantitative estimate of drug-likeness (QED) is 0.843. The van der Waals surface area contributed by atoms with E-state index in [4.69, 9.17) is 4.74 Å². The monoisotopic (exact) mass is 386 g/mol. The zero-order valence-electron chi connectivity index (χ0n) is 16.6. The average Bonchev–Trinajstić information content (AvgIpc) is 3.28. The number of amides is 1. The van der Waals surface area contributed by atoms with Crippen LogP contribution in [0.15, 0.2) is 24.3 Å². The second-order valence-corrected chi connectivity index (χ2v) is 8.60. The second kappa shape index (κ2) is 7.74. The van der Waals surface area contributed by atoms with Crippen LogP contribution in [0.25, 0.3) is 0 Å². The zero-order valence-corrected chi connectivity index (χ0v) is 16.6. The Morgan fingerprint density at radius 2 is 1.82 bits per heavy atom. The van der Waals surface area contributed by atoms with Crippen molar-refractivity contribution >= 4 is 11.9 Å². The van der Waals surface area contributed by atoms with Gasteiger partial charge in [0.2, 0.25) is 5.91 Å². The number of rotatable bonds is 5. The Labute approximate surface area is 166 Å². The molecule has 2 saturated heterocycles. The summed E-state index contributed by atoms with van der Waals surface area (Å²) >= 11 is 0. The lowest BCUT2D eigenvalue weighted by atomic mass is 9.77. The van der Waals surface area contributed by atoms with Gasteiger partial charge < -0.3 is 14.7 Å². The molecule has 1 aromatic rings. The van der Waals surface area contributed by atoms with Gasteiger partial charge in [-0.25, -0.2) is 0 Å². The molecule has 2 aliphatic heterocycles. The van der Waals surface area contributed by atoms with E-state index in [0.717, 1.165) is 51.1 Å². The van der Waals surface area contributed by atoms with Crippen molar-refractivity contribution in [2.45, 2.75) is 63.1 Å². The highest BCUT2D eigenvalue weighted by Gasteiger charge is 2.55. The van der Waals surface area contributed by atoms with Crippen LogP contribution >= 0.6 is 0 Å². The summed E-state index contributed by atoms with van der Waals surface area (Å²) in [6.07, 6.45) is 6.79. The number of carbonyl (C=O) groups excluding carboxylic acids is 1. The minimum Gasteiger partial charge on any atom is -0.490 e. The smallest absolute Gasteiger partial charge is 0.309 e. The van der Waals surface area contributed by atoms with E-state index in [0.29, 0.717) is 6.10 Å². The number of benzene rings is 1. The molecule has 28 heavy (non-hydrogen) atoms.